The van der Waals surface area contributed by atoms with Gasteiger partial charge in [0.2, 0.25) is 5.91 Å². The molecule has 148 valence electrons. The Morgan fingerprint density at radius 1 is 1.27 bits per heavy atom. The number of amides is 2. The number of alkyl carbamates (subject to hydrolysis) is 1. The number of esters is 1. The van der Waals surface area contributed by atoms with Gasteiger partial charge in [-0.25, -0.2) is 4.79 Å². The number of aliphatic hydroxyl groups excluding tert-OH is 1. The van der Waals surface area contributed by atoms with Crippen molar-refractivity contribution in [3.05, 3.63) is 12.7 Å². The summed E-state index contributed by atoms with van der Waals surface area (Å²) in [6.07, 6.45) is 0.353. The highest BCUT2D eigenvalue weighted by Crippen LogP contribution is 2.36. The summed E-state index contributed by atoms with van der Waals surface area (Å²) >= 11 is 0. The maximum atomic E-state index is 12.2. The highest BCUT2D eigenvalue weighted by atomic mass is 16.6. The van der Waals surface area contributed by atoms with E-state index in [0.717, 1.165) is 0 Å². The van der Waals surface area contributed by atoms with E-state index in [0.29, 0.717) is 12.8 Å². The highest BCUT2D eigenvalue weighted by Gasteiger charge is 2.45. The zero-order valence-corrected chi connectivity index (χ0v) is 16.1. The third-order valence-corrected chi connectivity index (χ3v) is 4.29. The normalized spacial score (nSPS) is 24.9. The molecule has 26 heavy (non-hydrogen) atoms. The molecular formula is C18H30N2O6. The van der Waals surface area contributed by atoms with Crippen LogP contribution < -0.4 is 10.6 Å². The van der Waals surface area contributed by atoms with Crippen LogP contribution in [0.5, 0.6) is 0 Å². The van der Waals surface area contributed by atoms with Crippen molar-refractivity contribution in [3.8, 4) is 0 Å². The Hall–Kier alpha value is -2.09. The van der Waals surface area contributed by atoms with Gasteiger partial charge in [0.1, 0.15) is 5.60 Å². The first-order valence-electron chi connectivity index (χ1n) is 8.63. The Morgan fingerprint density at radius 3 is 2.35 bits per heavy atom. The van der Waals surface area contributed by atoms with Crippen molar-refractivity contribution in [1.82, 2.24) is 10.6 Å². The first-order chi connectivity index (χ1) is 12.0. The summed E-state index contributed by atoms with van der Waals surface area (Å²) in [4.78, 5) is 35.7. The minimum atomic E-state index is -1.02. The van der Waals surface area contributed by atoms with Crippen LogP contribution in [0.25, 0.3) is 0 Å². The predicted octanol–water partition coefficient (Wildman–Crippen LogP) is 1.13. The van der Waals surface area contributed by atoms with Crippen molar-refractivity contribution in [1.29, 1.82) is 0 Å². The van der Waals surface area contributed by atoms with Crippen LogP contribution in [0.2, 0.25) is 0 Å². The molecule has 1 saturated carbocycles. The molecule has 2 amide bonds. The molecule has 8 nitrogen and oxygen atoms in total. The van der Waals surface area contributed by atoms with Gasteiger partial charge < -0.3 is 25.2 Å². The quantitative estimate of drug-likeness (QED) is 0.477. The monoisotopic (exact) mass is 370 g/mol. The zero-order valence-electron chi connectivity index (χ0n) is 16.1. The van der Waals surface area contributed by atoms with Crippen LogP contribution in [-0.4, -0.2) is 54.0 Å². The van der Waals surface area contributed by atoms with E-state index in [1.807, 2.05) is 0 Å². The zero-order chi connectivity index (χ0) is 20.1. The molecule has 1 aliphatic rings. The van der Waals surface area contributed by atoms with Crippen molar-refractivity contribution >= 4 is 18.0 Å². The minimum Gasteiger partial charge on any atom is -0.469 e. The Morgan fingerprint density at radius 2 is 1.88 bits per heavy atom. The molecule has 0 radical (unpaired) electrons. The Kier molecular flexibility index (Phi) is 7.62. The van der Waals surface area contributed by atoms with Crippen molar-refractivity contribution in [2.45, 2.75) is 64.3 Å². The van der Waals surface area contributed by atoms with Gasteiger partial charge in [0, 0.05) is 18.9 Å². The summed E-state index contributed by atoms with van der Waals surface area (Å²) in [5.74, 6) is -1.55. The molecule has 0 aromatic rings. The van der Waals surface area contributed by atoms with Gasteiger partial charge in [0.25, 0.3) is 0 Å². The van der Waals surface area contributed by atoms with Gasteiger partial charge in [0.05, 0.1) is 25.2 Å². The van der Waals surface area contributed by atoms with E-state index in [2.05, 4.69) is 17.2 Å². The fourth-order valence-corrected chi connectivity index (χ4v) is 3.28. The molecule has 1 rings (SSSR count). The van der Waals surface area contributed by atoms with Crippen LogP contribution in [0, 0.1) is 11.8 Å². The van der Waals surface area contributed by atoms with Crippen molar-refractivity contribution in [3.63, 3.8) is 0 Å². The number of hydrogen-bond acceptors (Lipinski definition) is 6. The maximum Gasteiger partial charge on any atom is 0.407 e. The third kappa shape index (κ3) is 6.33. The second kappa shape index (κ2) is 9.02. The number of ether oxygens (including phenoxy) is 2. The van der Waals surface area contributed by atoms with Crippen molar-refractivity contribution in [2.75, 3.05) is 7.11 Å². The van der Waals surface area contributed by atoms with Crippen LogP contribution in [0.4, 0.5) is 4.79 Å². The lowest BCUT2D eigenvalue weighted by Gasteiger charge is -2.32. The second-order valence-corrected chi connectivity index (χ2v) is 7.56. The molecule has 1 aliphatic carbocycles. The molecule has 3 N–H and O–H groups in total. The minimum absolute atomic E-state index is 0.326. The van der Waals surface area contributed by atoms with E-state index in [1.54, 1.807) is 20.8 Å². The molecular weight excluding hydrogens is 340 g/mol. The summed E-state index contributed by atoms with van der Waals surface area (Å²) in [5.41, 5.74) is -0.669. The maximum absolute atomic E-state index is 12.2. The van der Waals surface area contributed by atoms with Crippen LogP contribution in [0.3, 0.4) is 0 Å². The summed E-state index contributed by atoms with van der Waals surface area (Å²) in [6, 6.07) is -1.17. The molecule has 0 saturated heterocycles. The molecule has 0 spiro atoms. The molecule has 5 atom stereocenters. The SMILES string of the molecule is C=CC(O)C(NC(C)=O)[C@@H]1CC(C(=O)OC)C[C@@H]1NC(=O)OC(C)(C)C. The van der Waals surface area contributed by atoms with Gasteiger partial charge in [-0.05, 0) is 33.6 Å². The summed E-state index contributed by atoms with van der Waals surface area (Å²) in [6.45, 7) is 10.1. The lowest BCUT2D eigenvalue weighted by molar-refractivity contribution is -0.145. The molecule has 1 fully saturated rings. The number of aliphatic hydroxyl groups is 1. The average Bonchev–Trinajstić information content (AvgIpc) is 2.92. The topological polar surface area (TPSA) is 114 Å². The van der Waals surface area contributed by atoms with E-state index in [1.165, 1.54) is 20.1 Å². The Bertz CT molecular complexity index is 542. The number of hydrogen-bond donors (Lipinski definition) is 3. The first kappa shape index (κ1) is 22.0. The van der Waals surface area contributed by atoms with Crippen LogP contribution in [0.15, 0.2) is 12.7 Å². The largest absolute Gasteiger partial charge is 0.469 e. The van der Waals surface area contributed by atoms with E-state index in [9.17, 15) is 19.5 Å². The lowest BCUT2D eigenvalue weighted by atomic mass is 9.89. The smallest absolute Gasteiger partial charge is 0.407 e. The van der Waals surface area contributed by atoms with Crippen molar-refractivity contribution in [2.24, 2.45) is 11.8 Å². The van der Waals surface area contributed by atoms with Gasteiger partial charge in [-0.3, -0.25) is 9.59 Å². The first-order valence-corrected chi connectivity index (χ1v) is 8.63. The van der Waals surface area contributed by atoms with Gasteiger partial charge in [-0.1, -0.05) is 6.08 Å². The molecule has 0 heterocycles. The second-order valence-electron chi connectivity index (χ2n) is 7.56. The lowest BCUT2D eigenvalue weighted by Crippen LogP contribution is -2.53. The van der Waals surface area contributed by atoms with Gasteiger partial charge in [-0.2, -0.15) is 0 Å². The van der Waals surface area contributed by atoms with Gasteiger partial charge >= 0.3 is 12.1 Å². The van der Waals surface area contributed by atoms with E-state index in [-0.39, 0.29) is 11.8 Å². The summed E-state index contributed by atoms with van der Waals surface area (Å²) in [7, 11) is 1.30. The fourth-order valence-electron chi connectivity index (χ4n) is 3.28. The number of carbonyl (C=O) groups excluding carboxylic acids is 3. The number of rotatable bonds is 6. The Balaban J connectivity index is 3.03. The molecule has 0 aromatic heterocycles. The number of methoxy groups -OCH3 is 1. The highest BCUT2D eigenvalue weighted by molar-refractivity contribution is 5.75. The Labute approximate surface area is 154 Å². The fraction of sp³-hybridized carbons (Fsp3) is 0.722. The molecule has 0 aliphatic heterocycles. The van der Waals surface area contributed by atoms with Crippen LogP contribution in [0.1, 0.15) is 40.5 Å². The van der Waals surface area contributed by atoms with Gasteiger partial charge in [0.15, 0.2) is 0 Å². The number of carbonyl (C=O) groups is 3. The number of nitrogens with one attached hydrogen (secondary N) is 2. The predicted molar refractivity (Wildman–Crippen MR) is 95.2 cm³/mol. The molecule has 3 unspecified atom stereocenters. The molecule has 0 bridgehead atoms. The van der Waals surface area contributed by atoms with Crippen LogP contribution in [-0.2, 0) is 19.1 Å². The molecule has 8 heteroatoms. The average molecular weight is 370 g/mol. The summed E-state index contributed by atoms with van der Waals surface area (Å²) in [5, 5.41) is 15.7. The van der Waals surface area contributed by atoms with E-state index in [4.69, 9.17) is 9.47 Å². The van der Waals surface area contributed by atoms with E-state index >= 15 is 0 Å². The standard InChI is InChI=1S/C18H30N2O6/c1-7-14(22)15(19-10(2)21)12-8-11(16(23)25-6)9-13(12)20-17(24)26-18(3,4)5/h7,11-15,22H,1,8-9H2,2-6H3,(H,19,21)(H,20,24)/t11?,12-,13+,14?,15?/m1/s1. The summed E-state index contributed by atoms with van der Waals surface area (Å²) < 4.78 is 10.1. The van der Waals surface area contributed by atoms with E-state index < -0.39 is 41.8 Å². The molecule has 0 aromatic carbocycles. The van der Waals surface area contributed by atoms with Crippen molar-refractivity contribution < 1.29 is 29.0 Å². The third-order valence-electron chi connectivity index (χ3n) is 4.29. The van der Waals surface area contributed by atoms with Crippen LogP contribution >= 0.6 is 0 Å². The van der Waals surface area contributed by atoms with Gasteiger partial charge in [-0.15, -0.1) is 6.58 Å².